The summed E-state index contributed by atoms with van der Waals surface area (Å²) in [5.41, 5.74) is 0. The standard InChI is InChI=1S/C16H17BrN2O5S/c1-22-14-9-13(17)16(10-15(14)23-2)25(20,21)19(7-4-6-18)11-12-5-3-8-24-12/h3,5,8-10H,4,7,11H2,1-2H3. The normalized spacial score (nSPS) is 11.3. The predicted octanol–water partition coefficient (Wildman–Crippen LogP) is 3.16. The number of halogens is 1. The summed E-state index contributed by atoms with van der Waals surface area (Å²) in [5, 5.41) is 8.84. The third-order valence-electron chi connectivity index (χ3n) is 3.44. The summed E-state index contributed by atoms with van der Waals surface area (Å²) < 4.78 is 43.3. The van der Waals surface area contributed by atoms with E-state index in [-0.39, 0.29) is 24.4 Å². The summed E-state index contributed by atoms with van der Waals surface area (Å²) in [7, 11) is -1.00. The highest BCUT2D eigenvalue weighted by atomic mass is 79.9. The Balaban J connectivity index is 2.47. The molecule has 0 aliphatic carbocycles. The smallest absolute Gasteiger partial charge is 0.244 e. The van der Waals surface area contributed by atoms with Crippen LogP contribution in [0.4, 0.5) is 0 Å². The van der Waals surface area contributed by atoms with Gasteiger partial charge in [-0.1, -0.05) is 0 Å². The molecule has 1 heterocycles. The first-order valence-corrected chi connectivity index (χ1v) is 9.48. The molecule has 2 rings (SSSR count). The lowest BCUT2D eigenvalue weighted by molar-refractivity contribution is 0.351. The zero-order valence-electron chi connectivity index (χ0n) is 13.7. The highest BCUT2D eigenvalue weighted by Crippen LogP contribution is 2.37. The van der Waals surface area contributed by atoms with Crippen LogP contribution in [0.15, 0.2) is 44.3 Å². The summed E-state index contributed by atoms with van der Waals surface area (Å²) in [6.07, 6.45) is 1.53. The number of hydrogen-bond donors (Lipinski definition) is 0. The number of nitrogens with zero attached hydrogens (tertiary/aromatic N) is 2. The van der Waals surface area contributed by atoms with Gasteiger partial charge in [-0.05, 0) is 34.1 Å². The van der Waals surface area contributed by atoms with E-state index in [0.29, 0.717) is 21.7 Å². The minimum atomic E-state index is -3.90. The van der Waals surface area contributed by atoms with Crippen molar-refractivity contribution in [1.82, 2.24) is 4.31 Å². The maximum Gasteiger partial charge on any atom is 0.244 e. The zero-order chi connectivity index (χ0) is 18.4. The van der Waals surface area contributed by atoms with Crippen LogP contribution in [-0.2, 0) is 16.6 Å². The van der Waals surface area contributed by atoms with Gasteiger partial charge in [-0.3, -0.25) is 0 Å². The van der Waals surface area contributed by atoms with Gasteiger partial charge in [-0.15, -0.1) is 0 Å². The van der Waals surface area contributed by atoms with Crippen molar-refractivity contribution in [3.05, 3.63) is 40.8 Å². The van der Waals surface area contributed by atoms with Gasteiger partial charge in [0.15, 0.2) is 11.5 Å². The molecule has 9 heteroatoms. The quantitative estimate of drug-likeness (QED) is 0.640. The van der Waals surface area contributed by atoms with Crippen LogP contribution in [0, 0.1) is 11.3 Å². The highest BCUT2D eigenvalue weighted by Gasteiger charge is 2.29. The molecule has 0 radical (unpaired) electrons. The second kappa shape index (κ2) is 8.38. The molecular weight excluding hydrogens is 412 g/mol. The Bertz CT molecular complexity index is 859. The first kappa shape index (κ1) is 19.3. The minimum absolute atomic E-state index is 0.0228. The van der Waals surface area contributed by atoms with E-state index in [4.69, 9.17) is 19.2 Å². The lowest BCUT2D eigenvalue weighted by Crippen LogP contribution is -2.31. The molecule has 0 saturated heterocycles. The number of nitriles is 1. The molecule has 0 N–H and O–H groups in total. The average molecular weight is 429 g/mol. The van der Waals surface area contributed by atoms with E-state index in [1.165, 1.54) is 36.9 Å². The predicted molar refractivity (Wildman–Crippen MR) is 93.8 cm³/mol. The number of hydrogen-bond acceptors (Lipinski definition) is 6. The van der Waals surface area contributed by atoms with Crippen LogP contribution >= 0.6 is 15.9 Å². The number of rotatable bonds is 8. The first-order chi connectivity index (χ1) is 11.9. The van der Waals surface area contributed by atoms with E-state index in [1.54, 1.807) is 12.1 Å². The maximum atomic E-state index is 13.1. The molecule has 0 saturated carbocycles. The number of furan rings is 1. The summed E-state index contributed by atoms with van der Waals surface area (Å²) in [4.78, 5) is 0.0228. The van der Waals surface area contributed by atoms with Gasteiger partial charge in [0.2, 0.25) is 10.0 Å². The molecule has 0 amide bonds. The van der Waals surface area contributed by atoms with Crippen molar-refractivity contribution < 1.29 is 22.3 Å². The lowest BCUT2D eigenvalue weighted by atomic mass is 10.3. The van der Waals surface area contributed by atoms with Gasteiger partial charge in [0, 0.05) is 23.5 Å². The lowest BCUT2D eigenvalue weighted by Gasteiger charge is -2.21. The number of sulfonamides is 1. The van der Waals surface area contributed by atoms with Crippen molar-refractivity contribution >= 4 is 26.0 Å². The van der Waals surface area contributed by atoms with E-state index in [1.807, 2.05) is 6.07 Å². The molecule has 0 aliphatic heterocycles. The third kappa shape index (κ3) is 4.34. The summed E-state index contributed by atoms with van der Waals surface area (Å²) >= 11 is 3.27. The summed E-state index contributed by atoms with van der Waals surface area (Å²) in [6.45, 7) is 0.0676. The fraction of sp³-hybridized carbons (Fsp3) is 0.312. The van der Waals surface area contributed by atoms with Gasteiger partial charge >= 0.3 is 0 Å². The van der Waals surface area contributed by atoms with Gasteiger partial charge in [-0.25, -0.2) is 8.42 Å². The van der Waals surface area contributed by atoms with Crippen molar-refractivity contribution in [2.75, 3.05) is 20.8 Å². The Hall–Kier alpha value is -2.02. The molecular formula is C16H17BrN2O5S. The number of methoxy groups -OCH3 is 2. The fourth-order valence-corrected chi connectivity index (χ4v) is 4.61. The van der Waals surface area contributed by atoms with Crippen LogP contribution in [0.3, 0.4) is 0 Å². The van der Waals surface area contributed by atoms with E-state index in [2.05, 4.69) is 15.9 Å². The SMILES string of the molecule is COc1cc(Br)c(S(=O)(=O)N(CCC#N)Cc2ccco2)cc1OC. The van der Waals surface area contributed by atoms with Crippen LogP contribution in [0.5, 0.6) is 11.5 Å². The molecule has 0 bridgehead atoms. The van der Waals surface area contributed by atoms with Crippen molar-refractivity contribution in [2.45, 2.75) is 17.9 Å². The molecule has 0 aliphatic rings. The molecule has 134 valence electrons. The van der Waals surface area contributed by atoms with E-state index in [9.17, 15) is 8.42 Å². The third-order valence-corrected chi connectivity index (χ3v) is 6.24. The van der Waals surface area contributed by atoms with Gasteiger partial charge in [0.05, 0.1) is 33.1 Å². The molecule has 2 aromatic rings. The van der Waals surface area contributed by atoms with Gasteiger partial charge < -0.3 is 13.9 Å². The first-order valence-electron chi connectivity index (χ1n) is 7.25. The second-order valence-corrected chi connectivity index (χ2v) is 7.72. The molecule has 0 atom stereocenters. The molecule has 1 aromatic carbocycles. The van der Waals surface area contributed by atoms with Crippen molar-refractivity contribution in [2.24, 2.45) is 0 Å². The molecule has 0 spiro atoms. The summed E-state index contributed by atoms with van der Waals surface area (Å²) in [5.74, 6) is 1.18. The van der Waals surface area contributed by atoms with E-state index in [0.717, 1.165) is 0 Å². The Labute approximate surface area is 154 Å². The second-order valence-electron chi connectivity index (χ2n) is 4.96. The van der Waals surface area contributed by atoms with Crippen LogP contribution < -0.4 is 9.47 Å². The average Bonchev–Trinajstić information content (AvgIpc) is 3.11. The van der Waals surface area contributed by atoms with Gasteiger partial charge in [-0.2, -0.15) is 9.57 Å². The van der Waals surface area contributed by atoms with Crippen molar-refractivity contribution in [1.29, 1.82) is 5.26 Å². The Kier molecular flexibility index (Phi) is 6.47. The molecule has 7 nitrogen and oxygen atoms in total. The largest absolute Gasteiger partial charge is 0.493 e. The molecule has 0 unspecified atom stereocenters. The van der Waals surface area contributed by atoms with Crippen molar-refractivity contribution in [3.8, 4) is 17.6 Å². The number of benzene rings is 1. The van der Waals surface area contributed by atoms with E-state index >= 15 is 0 Å². The zero-order valence-corrected chi connectivity index (χ0v) is 16.1. The van der Waals surface area contributed by atoms with Crippen LogP contribution in [0.1, 0.15) is 12.2 Å². The Morgan fingerprint density at radius 2 is 1.96 bits per heavy atom. The monoisotopic (exact) mass is 428 g/mol. The Morgan fingerprint density at radius 1 is 1.28 bits per heavy atom. The van der Waals surface area contributed by atoms with Crippen LogP contribution in [0.2, 0.25) is 0 Å². The minimum Gasteiger partial charge on any atom is -0.493 e. The van der Waals surface area contributed by atoms with E-state index < -0.39 is 10.0 Å². The van der Waals surface area contributed by atoms with Crippen molar-refractivity contribution in [3.63, 3.8) is 0 Å². The number of ether oxygens (including phenoxy) is 2. The highest BCUT2D eigenvalue weighted by molar-refractivity contribution is 9.10. The maximum absolute atomic E-state index is 13.1. The van der Waals surface area contributed by atoms with Gasteiger partial charge in [0.25, 0.3) is 0 Å². The topological polar surface area (TPSA) is 92.8 Å². The fourth-order valence-electron chi connectivity index (χ4n) is 2.21. The molecule has 1 aromatic heterocycles. The van der Waals surface area contributed by atoms with Crippen LogP contribution in [0.25, 0.3) is 0 Å². The van der Waals surface area contributed by atoms with Gasteiger partial charge in [0.1, 0.15) is 10.7 Å². The van der Waals surface area contributed by atoms with Crippen LogP contribution in [-0.4, -0.2) is 33.5 Å². The Morgan fingerprint density at radius 3 is 2.52 bits per heavy atom. The summed E-state index contributed by atoms with van der Waals surface area (Å²) in [6, 6.07) is 8.24. The molecule has 25 heavy (non-hydrogen) atoms. The molecule has 0 fully saturated rings.